The van der Waals surface area contributed by atoms with Crippen molar-refractivity contribution >= 4 is 39.4 Å². The highest BCUT2D eigenvalue weighted by molar-refractivity contribution is 7.92. The summed E-state index contributed by atoms with van der Waals surface area (Å²) in [5, 5.41) is 6.65. The number of carbonyl (C=O) groups is 2. The van der Waals surface area contributed by atoms with Crippen LogP contribution in [0.15, 0.2) is 84.0 Å². The normalized spacial score (nSPS) is 12.0. The standard InChI is InChI=1S/C26H28N4O6S/c1-19(30(37(3,33)34)21-9-5-4-6-10-21)26(32)29-27-17-20-13-15-22(16-14-20)36-18-25(31)28-23-11-7-8-12-24(23)35-2/h4-17,19H,18H2,1-3H3,(H,28,31)(H,29,32)/b27-17+. The van der Waals surface area contributed by atoms with Crippen LogP contribution in [0.4, 0.5) is 11.4 Å². The van der Waals surface area contributed by atoms with Gasteiger partial charge < -0.3 is 14.8 Å². The summed E-state index contributed by atoms with van der Waals surface area (Å²) in [4.78, 5) is 24.8. The van der Waals surface area contributed by atoms with Crippen LogP contribution in [0.25, 0.3) is 0 Å². The molecule has 3 aromatic carbocycles. The number of carbonyl (C=O) groups excluding carboxylic acids is 2. The summed E-state index contributed by atoms with van der Waals surface area (Å²) in [5.41, 5.74) is 3.95. The third-order valence-corrected chi connectivity index (χ3v) is 6.36. The molecular formula is C26H28N4O6S. The largest absolute Gasteiger partial charge is 0.495 e. The van der Waals surface area contributed by atoms with Gasteiger partial charge in [-0.1, -0.05) is 30.3 Å². The summed E-state index contributed by atoms with van der Waals surface area (Å²) in [7, 11) is -2.18. The quantitative estimate of drug-likeness (QED) is 0.293. The maximum absolute atomic E-state index is 12.6. The second-order valence-electron chi connectivity index (χ2n) is 7.91. The molecule has 2 N–H and O–H groups in total. The van der Waals surface area contributed by atoms with Crippen molar-refractivity contribution in [3.05, 3.63) is 84.4 Å². The molecule has 10 nitrogen and oxygen atoms in total. The van der Waals surface area contributed by atoms with Gasteiger partial charge >= 0.3 is 0 Å². The Hall–Kier alpha value is -4.38. The summed E-state index contributed by atoms with van der Waals surface area (Å²) >= 11 is 0. The Kier molecular flexibility index (Phi) is 9.22. The second kappa shape index (κ2) is 12.5. The van der Waals surface area contributed by atoms with Gasteiger partial charge in [0, 0.05) is 0 Å². The van der Waals surface area contributed by atoms with Crippen LogP contribution in [-0.2, 0) is 19.6 Å². The minimum Gasteiger partial charge on any atom is -0.495 e. The molecule has 1 atom stereocenters. The Bertz CT molecular complexity index is 1340. The molecule has 0 aliphatic carbocycles. The third-order valence-electron chi connectivity index (χ3n) is 5.12. The van der Waals surface area contributed by atoms with Crippen molar-refractivity contribution in [2.75, 3.05) is 29.6 Å². The molecule has 3 rings (SSSR count). The molecule has 0 radical (unpaired) electrons. The summed E-state index contributed by atoms with van der Waals surface area (Å²) < 4.78 is 36.3. The van der Waals surface area contributed by atoms with E-state index in [1.54, 1.807) is 78.9 Å². The van der Waals surface area contributed by atoms with E-state index in [1.165, 1.54) is 20.2 Å². The molecule has 0 spiro atoms. The zero-order valence-electron chi connectivity index (χ0n) is 20.6. The Morgan fingerprint density at radius 3 is 2.30 bits per heavy atom. The zero-order chi connectivity index (χ0) is 26.8. The third kappa shape index (κ3) is 7.80. The van der Waals surface area contributed by atoms with Gasteiger partial charge in [0.2, 0.25) is 10.0 Å². The Balaban J connectivity index is 1.53. The number of hydrogen-bond donors (Lipinski definition) is 2. The fourth-order valence-corrected chi connectivity index (χ4v) is 4.56. The van der Waals surface area contributed by atoms with Crippen LogP contribution in [-0.4, -0.2) is 52.5 Å². The van der Waals surface area contributed by atoms with Crippen molar-refractivity contribution in [1.82, 2.24) is 5.43 Å². The van der Waals surface area contributed by atoms with Gasteiger partial charge in [-0.3, -0.25) is 13.9 Å². The Labute approximate surface area is 216 Å². The molecule has 194 valence electrons. The van der Waals surface area contributed by atoms with Crippen LogP contribution < -0.4 is 24.5 Å². The number of methoxy groups -OCH3 is 1. The molecule has 0 aliphatic heterocycles. The average molecular weight is 525 g/mol. The van der Waals surface area contributed by atoms with E-state index in [9.17, 15) is 18.0 Å². The summed E-state index contributed by atoms with van der Waals surface area (Å²) in [6, 6.07) is 21.1. The van der Waals surface area contributed by atoms with Crippen LogP contribution in [0.1, 0.15) is 12.5 Å². The molecule has 0 aromatic heterocycles. The lowest BCUT2D eigenvalue weighted by atomic mass is 10.2. The lowest BCUT2D eigenvalue weighted by Crippen LogP contribution is -2.46. The van der Waals surface area contributed by atoms with Crippen molar-refractivity contribution in [1.29, 1.82) is 0 Å². The first-order chi connectivity index (χ1) is 17.7. The minimum absolute atomic E-state index is 0.197. The molecule has 0 saturated carbocycles. The van der Waals surface area contributed by atoms with Gasteiger partial charge in [-0.25, -0.2) is 13.8 Å². The van der Waals surface area contributed by atoms with Gasteiger partial charge in [0.1, 0.15) is 17.5 Å². The number of hydrazone groups is 1. The molecule has 0 fully saturated rings. The lowest BCUT2D eigenvalue weighted by molar-refractivity contribution is -0.121. The van der Waals surface area contributed by atoms with E-state index in [0.29, 0.717) is 28.4 Å². The predicted molar refractivity (Wildman–Crippen MR) is 143 cm³/mol. The van der Waals surface area contributed by atoms with E-state index < -0.39 is 22.0 Å². The molecule has 1 unspecified atom stereocenters. The minimum atomic E-state index is -3.71. The fraction of sp³-hybridized carbons (Fsp3) is 0.192. The average Bonchev–Trinajstić information content (AvgIpc) is 2.88. The van der Waals surface area contributed by atoms with E-state index in [4.69, 9.17) is 9.47 Å². The van der Waals surface area contributed by atoms with Gasteiger partial charge in [0.15, 0.2) is 6.61 Å². The van der Waals surface area contributed by atoms with Gasteiger partial charge in [-0.2, -0.15) is 5.10 Å². The molecule has 3 aromatic rings. The maximum Gasteiger partial charge on any atom is 0.263 e. The van der Waals surface area contributed by atoms with E-state index in [1.807, 2.05) is 0 Å². The van der Waals surface area contributed by atoms with E-state index in [0.717, 1.165) is 10.6 Å². The van der Waals surface area contributed by atoms with Crippen molar-refractivity contribution in [3.8, 4) is 11.5 Å². The number of sulfonamides is 1. The van der Waals surface area contributed by atoms with Gasteiger partial charge in [0.05, 0.1) is 31.0 Å². The smallest absolute Gasteiger partial charge is 0.263 e. The first-order valence-corrected chi connectivity index (χ1v) is 13.1. The van der Waals surface area contributed by atoms with Crippen LogP contribution >= 0.6 is 0 Å². The topological polar surface area (TPSA) is 126 Å². The highest BCUT2D eigenvalue weighted by Gasteiger charge is 2.28. The Morgan fingerprint density at radius 2 is 1.65 bits per heavy atom. The number of amides is 2. The van der Waals surface area contributed by atoms with E-state index >= 15 is 0 Å². The van der Waals surface area contributed by atoms with Crippen LogP contribution in [0.2, 0.25) is 0 Å². The lowest BCUT2D eigenvalue weighted by Gasteiger charge is -2.27. The number of rotatable bonds is 11. The molecule has 11 heteroatoms. The number of hydrogen-bond acceptors (Lipinski definition) is 7. The van der Waals surface area contributed by atoms with Crippen molar-refractivity contribution in [3.63, 3.8) is 0 Å². The highest BCUT2D eigenvalue weighted by atomic mass is 32.2. The monoisotopic (exact) mass is 524 g/mol. The first-order valence-electron chi connectivity index (χ1n) is 11.2. The Morgan fingerprint density at radius 1 is 1.00 bits per heavy atom. The van der Waals surface area contributed by atoms with Crippen LogP contribution in [0.5, 0.6) is 11.5 Å². The van der Waals surface area contributed by atoms with Gasteiger partial charge in [0.25, 0.3) is 11.8 Å². The predicted octanol–water partition coefficient (Wildman–Crippen LogP) is 3.02. The SMILES string of the molecule is COc1ccccc1NC(=O)COc1ccc(/C=N/NC(=O)C(C)N(c2ccccc2)S(C)(=O)=O)cc1. The van der Waals surface area contributed by atoms with Gasteiger partial charge in [-0.15, -0.1) is 0 Å². The number of anilines is 2. The van der Waals surface area contributed by atoms with E-state index in [-0.39, 0.29) is 12.5 Å². The molecule has 0 heterocycles. The number of ether oxygens (including phenoxy) is 2. The van der Waals surface area contributed by atoms with Crippen LogP contribution in [0.3, 0.4) is 0 Å². The summed E-state index contributed by atoms with van der Waals surface area (Å²) in [6.07, 6.45) is 2.45. The van der Waals surface area contributed by atoms with Crippen molar-refractivity contribution in [2.45, 2.75) is 13.0 Å². The number of nitrogens with one attached hydrogen (secondary N) is 2. The number of benzene rings is 3. The highest BCUT2D eigenvalue weighted by Crippen LogP contribution is 2.23. The molecule has 37 heavy (non-hydrogen) atoms. The maximum atomic E-state index is 12.6. The van der Waals surface area contributed by atoms with Gasteiger partial charge in [-0.05, 0) is 61.0 Å². The number of nitrogens with zero attached hydrogens (tertiary/aromatic N) is 2. The van der Waals surface area contributed by atoms with Crippen molar-refractivity contribution < 1.29 is 27.5 Å². The fourth-order valence-electron chi connectivity index (χ4n) is 3.38. The molecule has 0 saturated heterocycles. The number of para-hydroxylation sites is 3. The summed E-state index contributed by atoms with van der Waals surface area (Å²) in [5.74, 6) is 0.0823. The van der Waals surface area contributed by atoms with Crippen LogP contribution in [0, 0.1) is 0 Å². The van der Waals surface area contributed by atoms with E-state index in [2.05, 4.69) is 15.8 Å². The second-order valence-corrected chi connectivity index (χ2v) is 9.77. The summed E-state index contributed by atoms with van der Waals surface area (Å²) in [6.45, 7) is 1.28. The van der Waals surface area contributed by atoms with Crippen molar-refractivity contribution in [2.24, 2.45) is 5.10 Å². The molecular weight excluding hydrogens is 496 g/mol. The molecule has 0 aliphatic rings. The molecule has 2 amide bonds. The zero-order valence-corrected chi connectivity index (χ0v) is 21.4. The molecule has 0 bridgehead atoms. The first kappa shape index (κ1) is 27.2.